The average molecular weight is 362 g/mol. The number of rotatable bonds is 4. The SMILES string of the molecule is COc1cccc(NC(=O)[C@@H]2CC(=O)Nc3c(-c4ccccc4)cnn32)c1. The lowest BCUT2D eigenvalue weighted by Gasteiger charge is -2.24. The van der Waals surface area contributed by atoms with Gasteiger partial charge in [0, 0.05) is 17.3 Å². The third-order valence-electron chi connectivity index (χ3n) is 4.45. The summed E-state index contributed by atoms with van der Waals surface area (Å²) in [6.07, 6.45) is 1.70. The van der Waals surface area contributed by atoms with E-state index in [-0.39, 0.29) is 18.2 Å². The van der Waals surface area contributed by atoms with Crippen molar-refractivity contribution in [3.05, 3.63) is 60.8 Å². The van der Waals surface area contributed by atoms with E-state index in [1.165, 1.54) is 0 Å². The van der Waals surface area contributed by atoms with E-state index in [0.29, 0.717) is 17.3 Å². The lowest BCUT2D eigenvalue weighted by Crippen LogP contribution is -2.35. The van der Waals surface area contributed by atoms with Gasteiger partial charge in [0.25, 0.3) is 0 Å². The number of ether oxygens (including phenoxy) is 1. The number of aromatic nitrogens is 2. The number of benzene rings is 2. The minimum atomic E-state index is -0.725. The molecule has 27 heavy (non-hydrogen) atoms. The molecule has 1 aromatic heterocycles. The van der Waals surface area contributed by atoms with Gasteiger partial charge in [-0.25, -0.2) is 4.68 Å². The molecule has 0 saturated carbocycles. The number of fused-ring (bicyclic) bond motifs is 1. The van der Waals surface area contributed by atoms with Gasteiger partial charge in [-0.05, 0) is 17.7 Å². The zero-order valence-electron chi connectivity index (χ0n) is 14.7. The molecule has 0 spiro atoms. The standard InChI is InChI=1S/C20H18N4O3/c1-27-15-9-5-8-14(10-15)22-20(26)17-11-18(25)23-19-16(12-21-24(17)19)13-6-3-2-4-7-13/h2-10,12,17H,11H2,1H3,(H,22,26)(H,23,25)/t17-/m0/s1. The van der Waals surface area contributed by atoms with Crippen LogP contribution in [0.4, 0.5) is 11.5 Å². The second kappa shape index (κ2) is 6.95. The molecule has 2 N–H and O–H groups in total. The largest absolute Gasteiger partial charge is 0.497 e. The highest BCUT2D eigenvalue weighted by atomic mass is 16.5. The van der Waals surface area contributed by atoms with E-state index in [1.807, 2.05) is 30.3 Å². The molecule has 4 rings (SSSR count). The first-order chi connectivity index (χ1) is 13.2. The van der Waals surface area contributed by atoms with Crippen LogP contribution in [-0.4, -0.2) is 28.7 Å². The number of nitrogens with one attached hydrogen (secondary N) is 2. The minimum Gasteiger partial charge on any atom is -0.497 e. The lowest BCUT2D eigenvalue weighted by molar-refractivity contribution is -0.125. The quantitative estimate of drug-likeness (QED) is 0.747. The molecule has 2 aromatic carbocycles. The Balaban J connectivity index is 1.64. The lowest BCUT2D eigenvalue weighted by atomic mass is 10.1. The molecular weight excluding hydrogens is 344 g/mol. The van der Waals surface area contributed by atoms with Gasteiger partial charge in [-0.15, -0.1) is 0 Å². The summed E-state index contributed by atoms with van der Waals surface area (Å²) in [6.45, 7) is 0. The zero-order chi connectivity index (χ0) is 18.8. The van der Waals surface area contributed by atoms with E-state index >= 15 is 0 Å². The van der Waals surface area contributed by atoms with Gasteiger partial charge in [-0.2, -0.15) is 5.10 Å². The molecule has 7 heteroatoms. The van der Waals surface area contributed by atoms with E-state index in [4.69, 9.17) is 4.74 Å². The summed E-state index contributed by atoms with van der Waals surface area (Å²) in [5.74, 6) is 0.650. The van der Waals surface area contributed by atoms with Gasteiger partial charge in [0.15, 0.2) is 0 Å². The fraction of sp³-hybridized carbons (Fsp3) is 0.150. The monoisotopic (exact) mass is 362 g/mol. The molecule has 1 atom stereocenters. The van der Waals surface area contributed by atoms with Crippen molar-refractivity contribution in [2.75, 3.05) is 17.7 Å². The summed E-state index contributed by atoms with van der Waals surface area (Å²) < 4.78 is 6.74. The Morgan fingerprint density at radius 2 is 2.04 bits per heavy atom. The third kappa shape index (κ3) is 3.27. The maximum Gasteiger partial charge on any atom is 0.249 e. The molecule has 0 bridgehead atoms. The number of amides is 2. The Hall–Kier alpha value is -3.61. The second-order valence-corrected chi connectivity index (χ2v) is 6.21. The molecule has 7 nitrogen and oxygen atoms in total. The van der Waals surface area contributed by atoms with Crippen molar-refractivity contribution in [2.24, 2.45) is 0 Å². The van der Waals surface area contributed by atoms with Gasteiger partial charge in [-0.3, -0.25) is 9.59 Å². The molecule has 0 radical (unpaired) electrons. The van der Waals surface area contributed by atoms with Crippen LogP contribution in [0.3, 0.4) is 0 Å². The summed E-state index contributed by atoms with van der Waals surface area (Å²) >= 11 is 0. The molecule has 1 aliphatic heterocycles. The predicted molar refractivity (Wildman–Crippen MR) is 102 cm³/mol. The predicted octanol–water partition coefficient (Wildman–Crippen LogP) is 3.08. The molecule has 0 fully saturated rings. The van der Waals surface area contributed by atoms with Crippen molar-refractivity contribution in [1.29, 1.82) is 0 Å². The molecule has 3 aromatic rings. The van der Waals surface area contributed by atoms with Crippen LogP contribution < -0.4 is 15.4 Å². The first-order valence-electron chi connectivity index (χ1n) is 8.53. The number of anilines is 2. The first kappa shape index (κ1) is 16.8. The third-order valence-corrected chi connectivity index (χ3v) is 4.45. The number of methoxy groups -OCH3 is 1. The molecule has 0 saturated heterocycles. The smallest absolute Gasteiger partial charge is 0.249 e. The molecule has 1 aliphatic rings. The minimum absolute atomic E-state index is 0.0265. The van der Waals surface area contributed by atoms with Crippen molar-refractivity contribution in [3.8, 4) is 16.9 Å². The van der Waals surface area contributed by atoms with Crippen LogP contribution in [0.1, 0.15) is 12.5 Å². The van der Waals surface area contributed by atoms with Crippen molar-refractivity contribution < 1.29 is 14.3 Å². The van der Waals surface area contributed by atoms with Crippen LogP contribution in [-0.2, 0) is 9.59 Å². The fourth-order valence-electron chi connectivity index (χ4n) is 3.13. The molecular formula is C20H18N4O3. The maximum absolute atomic E-state index is 12.8. The van der Waals surface area contributed by atoms with E-state index < -0.39 is 6.04 Å². The van der Waals surface area contributed by atoms with Gasteiger partial charge < -0.3 is 15.4 Å². The summed E-state index contributed by atoms with van der Waals surface area (Å²) in [5.41, 5.74) is 2.30. The highest BCUT2D eigenvalue weighted by Crippen LogP contribution is 2.34. The summed E-state index contributed by atoms with van der Waals surface area (Å²) in [5, 5.41) is 10.0. The van der Waals surface area contributed by atoms with Gasteiger partial charge in [0.05, 0.1) is 19.7 Å². The number of carbonyl (C=O) groups is 2. The average Bonchev–Trinajstić information content (AvgIpc) is 3.11. The van der Waals surface area contributed by atoms with Crippen LogP contribution in [0, 0.1) is 0 Å². The Kier molecular flexibility index (Phi) is 4.33. The van der Waals surface area contributed by atoms with E-state index in [0.717, 1.165) is 11.1 Å². The second-order valence-electron chi connectivity index (χ2n) is 6.21. The van der Waals surface area contributed by atoms with Gasteiger partial charge in [0.2, 0.25) is 11.8 Å². The Morgan fingerprint density at radius 3 is 2.81 bits per heavy atom. The van der Waals surface area contributed by atoms with Crippen LogP contribution in [0.2, 0.25) is 0 Å². The number of hydrogen-bond donors (Lipinski definition) is 2. The van der Waals surface area contributed by atoms with Crippen LogP contribution in [0.25, 0.3) is 11.1 Å². The number of nitrogens with zero attached hydrogens (tertiary/aromatic N) is 2. The molecule has 2 heterocycles. The first-order valence-corrected chi connectivity index (χ1v) is 8.53. The molecule has 0 unspecified atom stereocenters. The Bertz CT molecular complexity index is 997. The van der Waals surface area contributed by atoms with Crippen molar-refractivity contribution in [1.82, 2.24) is 9.78 Å². The topological polar surface area (TPSA) is 85.2 Å². The van der Waals surface area contributed by atoms with Crippen molar-refractivity contribution >= 4 is 23.3 Å². The van der Waals surface area contributed by atoms with Crippen molar-refractivity contribution in [2.45, 2.75) is 12.5 Å². The van der Waals surface area contributed by atoms with Crippen LogP contribution >= 0.6 is 0 Å². The number of carbonyl (C=O) groups excluding carboxylic acids is 2. The van der Waals surface area contributed by atoms with Crippen LogP contribution in [0.5, 0.6) is 5.75 Å². The molecule has 0 aliphatic carbocycles. The maximum atomic E-state index is 12.8. The summed E-state index contributed by atoms with van der Waals surface area (Å²) in [7, 11) is 1.56. The Labute approximate surface area is 156 Å². The van der Waals surface area contributed by atoms with Gasteiger partial charge in [-0.1, -0.05) is 36.4 Å². The zero-order valence-corrected chi connectivity index (χ0v) is 14.7. The highest BCUT2D eigenvalue weighted by molar-refractivity contribution is 6.03. The van der Waals surface area contributed by atoms with E-state index in [1.54, 1.807) is 42.3 Å². The number of hydrogen-bond acceptors (Lipinski definition) is 4. The molecule has 2 amide bonds. The summed E-state index contributed by atoms with van der Waals surface area (Å²) in [4.78, 5) is 25.1. The fourth-order valence-corrected chi connectivity index (χ4v) is 3.13. The van der Waals surface area contributed by atoms with E-state index in [9.17, 15) is 9.59 Å². The molecule has 136 valence electrons. The van der Waals surface area contributed by atoms with Crippen molar-refractivity contribution in [3.63, 3.8) is 0 Å². The van der Waals surface area contributed by atoms with E-state index in [2.05, 4.69) is 15.7 Å². The Morgan fingerprint density at radius 1 is 1.22 bits per heavy atom. The van der Waals surface area contributed by atoms with Gasteiger partial charge >= 0.3 is 0 Å². The normalized spacial score (nSPS) is 15.6. The van der Waals surface area contributed by atoms with Crippen LogP contribution in [0.15, 0.2) is 60.8 Å². The van der Waals surface area contributed by atoms with Gasteiger partial charge in [0.1, 0.15) is 17.6 Å². The summed E-state index contributed by atoms with van der Waals surface area (Å²) in [6, 6.07) is 16.0. The highest BCUT2D eigenvalue weighted by Gasteiger charge is 2.33.